The van der Waals surface area contributed by atoms with Crippen LogP contribution in [0.2, 0.25) is 0 Å². The quantitative estimate of drug-likeness (QED) is 0.723. The monoisotopic (exact) mass is 227 g/mol. The summed E-state index contributed by atoms with van der Waals surface area (Å²) in [6, 6.07) is 15.2. The highest BCUT2D eigenvalue weighted by Gasteiger charge is 2.24. The maximum Gasteiger partial charge on any atom is 0.503 e. The number of anilines is 1. The standard InChI is InChI=1S/C14H15N2O/c1-2-16(13-9-5-3-6-10-13)14(17)15-11-7-4-8-12-15/h3-12H,2H2,1H3/q+1. The van der Waals surface area contributed by atoms with E-state index in [9.17, 15) is 4.79 Å². The molecule has 0 radical (unpaired) electrons. The second kappa shape index (κ2) is 5.25. The molecule has 3 nitrogen and oxygen atoms in total. The Bertz CT molecular complexity index is 482. The average Bonchev–Trinajstić information content (AvgIpc) is 2.42. The zero-order valence-corrected chi connectivity index (χ0v) is 9.78. The molecule has 0 saturated heterocycles. The van der Waals surface area contributed by atoms with Crippen molar-refractivity contribution in [3.8, 4) is 0 Å². The van der Waals surface area contributed by atoms with Crippen LogP contribution in [0.15, 0.2) is 60.9 Å². The minimum atomic E-state index is -0.0423. The third-order valence-electron chi connectivity index (χ3n) is 2.55. The highest BCUT2D eigenvalue weighted by atomic mass is 16.2. The molecule has 0 N–H and O–H groups in total. The molecule has 2 aromatic rings. The lowest BCUT2D eigenvalue weighted by atomic mass is 10.3. The van der Waals surface area contributed by atoms with Crippen LogP contribution >= 0.6 is 0 Å². The second-order valence-electron chi connectivity index (χ2n) is 3.65. The Morgan fingerprint density at radius 3 is 2.24 bits per heavy atom. The Morgan fingerprint density at radius 2 is 1.65 bits per heavy atom. The number of hydrogen-bond donors (Lipinski definition) is 0. The van der Waals surface area contributed by atoms with Crippen LogP contribution in [0.4, 0.5) is 10.5 Å². The first-order chi connectivity index (χ1) is 8.33. The van der Waals surface area contributed by atoms with Crippen molar-refractivity contribution >= 4 is 11.7 Å². The van der Waals surface area contributed by atoms with Gasteiger partial charge < -0.3 is 0 Å². The van der Waals surface area contributed by atoms with Crippen LogP contribution < -0.4 is 9.47 Å². The van der Waals surface area contributed by atoms with E-state index in [1.54, 1.807) is 21.9 Å². The van der Waals surface area contributed by atoms with E-state index in [1.165, 1.54) is 0 Å². The van der Waals surface area contributed by atoms with E-state index in [1.807, 2.05) is 55.5 Å². The van der Waals surface area contributed by atoms with Crippen LogP contribution in [0, 0.1) is 0 Å². The van der Waals surface area contributed by atoms with Crippen molar-refractivity contribution in [2.24, 2.45) is 0 Å². The molecule has 0 aliphatic heterocycles. The van der Waals surface area contributed by atoms with Gasteiger partial charge >= 0.3 is 6.03 Å². The largest absolute Gasteiger partial charge is 0.503 e. The number of pyridine rings is 1. The molecule has 0 unspecified atom stereocenters. The minimum Gasteiger partial charge on any atom is -0.196 e. The lowest BCUT2D eigenvalue weighted by molar-refractivity contribution is -0.569. The Balaban J connectivity index is 2.29. The van der Waals surface area contributed by atoms with Crippen molar-refractivity contribution in [2.45, 2.75) is 6.92 Å². The minimum absolute atomic E-state index is 0.0423. The summed E-state index contributed by atoms with van der Waals surface area (Å²) < 4.78 is 1.58. The number of para-hydroxylation sites is 1. The Morgan fingerprint density at radius 1 is 1.06 bits per heavy atom. The van der Waals surface area contributed by atoms with Gasteiger partial charge in [-0.05, 0) is 31.2 Å². The zero-order valence-electron chi connectivity index (χ0n) is 9.78. The van der Waals surface area contributed by atoms with Gasteiger partial charge in [0.25, 0.3) is 0 Å². The fourth-order valence-corrected chi connectivity index (χ4v) is 1.70. The fraction of sp³-hybridized carbons (Fsp3) is 0.143. The van der Waals surface area contributed by atoms with E-state index in [4.69, 9.17) is 0 Å². The predicted molar refractivity (Wildman–Crippen MR) is 66.9 cm³/mol. The number of aromatic nitrogens is 1. The summed E-state index contributed by atoms with van der Waals surface area (Å²) in [5, 5.41) is 0. The molecule has 0 bridgehead atoms. The molecule has 3 heteroatoms. The molecule has 1 amide bonds. The summed E-state index contributed by atoms with van der Waals surface area (Å²) in [4.78, 5) is 14.0. The molecule has 86 valence electrons. The van der Waals surface area contributed by atoms with Crippen LogP contribution in [-0.2, 0) is 0 Å². The van der Waals surface area contributed by atoms with Crippen molar-refractivity contribution in [2.75, 3.05) is 11.4 Å². The Hall–Kier alpha value is -2.16. The van der Waals surface area contributed by atoms with Crippen LogP contribution in [-0.4, -0.2) is 12.6 Å². The topological polar surface area (TPSA) is 24.2 Å². The summed E-state index contributed by atoms with van der Waals surface area (Å²) in [5.74, 6) is 0. The normalized spacial score (nSPS) is 9.94. The molecule has 1 aromatic heterocycles. The van der Waals surface area contributed by atoms with Crippen molar-refractivity contribution in [3.05, 3.63) is 60.9 Å². The molecule has 0 saturated carbocycles. The van der Waals surface area contributed by atoms with Gasteiger partial charge in [0.2, 0.25) is 0 Å². The number of hydrogen-bond acceptors (Lipinski definition) is 1. The predicted octanol–water partition coefficient (Wildman–Crippen LogP) is 2.47. The van der Waals surface area contributed by atoms with Gasteiger partial charge in [-0.3, -0.25) is 0 Å². The number of carbonyl (C=O) groups excluding carboxylic acids is 1. The third kappa shape index (κ3) is 2.50. The van der Waals surface area contributed by atoms with Crippen molar-refractivity contribution in [1.82, 2.24) is 0 Å². The molecular weight excluding hydrogens is 212 g/mol. The summed E-state index contributed by atoms with van der Waals surface area (Å²) in [7, 11) is 0. The van der Waals surface area contributed by atoms with E-state index in [0.717, 1.165) is 5.69 Å². The van der Waals surface area contributed by atoms with E-state index < -0.39 is 0 Å². The van der Waals surface area contributed by atoms with Gasteiger partial charge in [0.15, 0.2) is 0 Å². The lowest BCUT2D eigenvalue weighted by Gasteiger charge is -2.12. The van der Waals surface area contributed by atoms with Gasteiger partial charge in [-0.2, -0.15) is 14.3 Å². The van der Waals surface area contributed by atoms with E-state index in [-0.39, 0.29) is 6.03 Å². The van der Waals surface area contributed by atoms with Crippen LogP contribution in [0.1, 0.15) is 6.92 Å². The lowest BCUT2D eigenvalue weighted by Crippen LogP contribution is -2.52. The van der Waals surface area contributed by atoms with E-state index in [2.05, 4.69) is 0 Å². The molecule has 17 heavy (non-hydrogen) atoms. The summed E-state index contributed by atoms with van der Waals surface area (Å²) in [6.45, 7) is 2.61. The molecule has 1 aromatic carbocycles. The van der Waals surface area contributed by atoms with Crippen molar-refractivity contribution in [1.29, 1.82) is 0 Å². The number of nitrogens with zero attached hydrogens (tertiary/aromatic N) is 2. The number of amides is 1. The Labute approximate surface area is 101 Å². The maximum atomic E-state index is 12.3. The van der Waals surface area contributed by atoms with Gasteiger partial charge in [-0.1, -0.05) is 24.3 Å². The average molecular weight is 227 g/mol. The fourth-order valence-electron chi connectivity index (χ4n) is 1.70. The van der Waals surface area contributed by atoms with Gasteiger partial charge in [-0.25, -0.2) is 0 Å². The molecule has 2 rings (SSSR count). The van der Waals surface area contributed by atoms with Crippen molar-refractivity contribution < 1.29 is 9.36 Å². The van der Waals surface area contributed by atoms with Crippen LogP contribution in [0.5, 0.6) is 0 Å². The van der Waals surface area contributed by atoms with Gasteiger partial charge in [0.05, 0.1) is 18.9 Å². The summed E-state index contributed by atoms with van der Waals surface area (Å²) in [6.07, 6.45) is 3.52. The molecule has 0 fully saturated rings. The second-order valence-corrected chi connectivity index (χ2v) is 3.65. The highest BCUT2D eigenvalue weighted by Crippen LogP contribution is 2.12. The SMILES string of the molecule is CCN(C(=O)[n+]1ccccc1)c1ccccc1. The van der Waals surface area contributed by atoms with Gasteiger partial charge in [0.1, 0.15) is 5.69 Å². The van der Waals surface area contributed by atoms with E-state index >= 15 is 0 Å². The molecular formula is C14H15N2O+. The number of rotatable bonds is 2. The van der Waals surface area contributed by atoms with Crippen LogP contribution in [0.3, 0.4) is 0 Å². The first-order valence-electron chi connectivity index (χ1n) is 5.66. The molecule has 0 aliphatic rings. The van der Waals surface area contributed by atoms with Gasteiger partial charge in [0, 0.05) is 0 Å². The number of carbonyl (C=O) groups is 1. The smallest absolute Gasteiger partial charge is 0.196 e. The van der Waals surface area contributed by atoms with Crippen molar-refractivity contribution in [3.63, 3.8) is 0 Å². The van der Waals surface area contributed by atoms with Crippen LogP contribution in [0.25, 0.3) is 0 Å². The van der Waals surface area contributed by atoms with E-state index in [0.29, 0.717) is 6.54 Å². The number of benzene rings is 1. The summed E-state index contributed by atoms with van der Waals surface area (Å²) >= 11 is 0. The maximum absolute atomic E-state index is 12.3. The third-order valence-corrected chi connectivity index (χ3v) is 2.55. The molecule has 0 spiro atoms. The summed E-state index contributed by atoms with van der Waals surface area (Å²) in [5.41, 5.74) is 0.913. The first-order valence-corrected chi connectivity index (χ1v) is 5.66. The molecule has 0 aliphatic carbocycles. The molecule has 0 atom stereocenters. The Kier molecular flexibility index (Phi) is 3.50. The zero-order chi connectivity index (χ0) is 12.1. The highest BCUT2D eigenvalue weighted by molar-refractivity contribution is 5.85. The molecule has 1 heterocycles. The first kappa shape index (κ1) is 11.3. The van der Waals surface area contributed by atoms with Gasteiger partial charge in [-0.15, -0.1) is 0 Å².